The van der Waals surface area contributed by atoms with E-state index in [-0.39, 0.29) is 30.0 Å². The van der Waals surface area contributed by atoms with Crippen molar-refractivity contribution in [1.29, 1.82) is 0 Å². The van der Waals surface area contributed by atoms with E-state index in [0.29, 0.717) is 11.4 Å². The first-order valence-electron chi connectivity index (χ1n) is 5.67. The van der Waals surface area contributed by atoms with Crippen LogP contribution in [-0.2, 0) is 9.59 Å². The Hall–Kier alpha value is -1.53. The van der Waals surface area contributed by atoms with E-state index in [2.05, 4.69) is 0 Å². The number of nitrogens with zero attached hydrogens (tertiary/aromatic N) is 1. The Labute approximate surface area is 110 Å². The molecule has 18 heavy (non-hydrogen) atoms. The van der Waals surface area contributed by atoms with Crippen LogP contribution < -0.4 is 16.4 Å². The Morgan fingerprint density at radius 3 is 2.89 bits per heavy atom. The van der Waals surface area contributed by atoms with Crippen LogP contribution in [0, 0.1) is 0 Å². The molecule has 0 bridgehead atoms. The zero-order valence-electron chi connectivity index (χ0n) is 10.1. The van der Waals surface area contributed by atoms with E-state index in [9.17, 15) is 9.59 Å². The Balaban J connectivity index is 2.47. The molecule has 5 nitrogen and oxygen atoms in total. The van der Waals surface area contributed by atoms with Gasteiger partial charge in [-0.1, -0.05) is 0 Å². The molecule has 0 aromatic heterocycles. The zero-order valence-corrected chi connectivity index (χ0v) is 10.9. The van der Waals surface area contributed by atoms with Gasteiger partial charge in [0, 0.05) is 23.5 Å². The number of hydrogen-bond donors (Lipinski definition) is 2. The highest BCUT2D eigenvalue weighted by Crippen LogP contribution is 2.40. The van der Waals surface area contributed by atoms with Crippen LogP contribution in [0.5, 0.6) is 0 Å². The second-order valence-electron chi connectivity index (χ2n) is 4.09. The summed E-state index contributed by atoms with van der Waals surface area (Å²) in [4.78, 5) is 26.2. The van der Waals surface area contributed by atoms with E-state index < -0.39 is 0 Å². The fourth-order valence-corrected chi connectivity index (χ4v) is 2.85. The summed E-state index contributed by atoms with van der Waals surface area (Å²) in [7, 11) is 0. The van der Waals surface area contributed by atoms with Gasteiger partial charge in [0.25, 0.3) is 0 Å². The normalized spacial score (nSPS) is 18.7. The molecule has 1 aromatic carbocycles. The topological polar surface area (TPSA) is 89.4 Å². The Morgan fingerprint density at radius 1 is 1.50 bits per heavy atom. The van der Waals surface area contributed by atoms with Crippen molar-refractivity contribution in [2.75, 3.05) is 17.2 Å². The fraction of sp³-hybridized carbons (Fsp3) is 0.333. The first kappa shape index (κ1) is 12.9. The number of carbonyl (C=O) groups excluding carboxylic acids is 2. The minimum Gasteiger partial charge on any atom is -0.399 e. The highest BCUT2D eigenvalue weighted by atomic mass is 32.2. The molecule has 1 aromatic rings. The largest absolute Gasteiger partial charge is 0.399 e. The molecule has 2 amide bonds. The van der Waals surface area contributed by atoms with Gasteiger partial charge >= 0.3 is 0 Å². The maximum atomic E-state index is 12.1. The third kappa shape index (κ3) is 2.21. The predicted octanol–water partition coefficient (Wildman–Crippen LogP) is 0.971. The number of fused-ring (bicyclic) bond motifs is 1. The standard InChI is InChI=1S/C12H15N3O2S/c1-7-12(17)15(11(16)4-5-13)9-6-8(14)2-3-10(9)18-7/h2-3,6-7H,4-5,13-14H2,1H3. The average Bonchev–Trinajstić information content (AvgIpc) is 2.31. The van der Waals surface area contributed by atoms with Crippen molar-refractivity contribution >= 4 is 35.0 Å². The van der Waals surface area contributed by atoms with E-state index in [1.807, 2.05) is 6.07 Å². The van der Waals surface area contributed by atoms with Crippen LogP contribution in [0.2, 0.25) is 0 Å². The third-order valence-electron chi connectivity index (χ3n) is 2.70. The molecule has 1 heterocycles. The van der Waals surface area contributed by atoms with Gasteiger partial charge in [-0.05, 0) is 25.1 Å². The van der Waals surface area contributed by atoms with Gasteiger partial charge in [-0.3, -0.25) is 9.59 Å². The number of rotatable bonds is 2. The first-order chi connectivity index (χ1) is 8.54. The summed E-state index contributed by atoms with van der Waals surface area (Å²) in [6, 6.07) is 5.25. The third-order valence-corrected chi connectivity index (χ3v) is 3.86. The van der Waals surface area contributed by atoms with Crippen LogP contribution >= 0.6 is 11.8 Å². The molecule has 1 aliphatic heterocycles. The van der Waals surface area contributed by atoms with E-state index in [1.165, 1.54) is 16.7 Å². The lowest BCUT2D eigenvalue weighted by atomic mass is 10.2. The molecular weight excluding hydrogens is 250 g/mol. The number of thioether (sulfide) groups is 1. The summed E-state index contributed by atoms with van der Waals surface area (Å²) in [6.07, 6.45) is 0.150. The van der Waals surface area contributed by atoms with Crippen LogP contribution in [0.1, 0.15) is 13.3 Å². The van der Waals surface area contributed by atoms with Crippen molar-refractivity contribution in [1.82, 2.24) is 0 Å². The Bertz CT molecular complexity index is 504. The van der Waals surface area contributed by atoms with E-state index in [4.69, 9.17) is 11.5 Å². The fourth-order valence-electron chi connectivity index (χ4n) is 1.84. The Kier molecular flexibility index (Phi) is 3.58. The summed E-state index contributed by atoms with van der Waals surface area (Å²) in [6.45, 7) is 2.01. The van der Waals surface area contributed by atoms with Crippen molar-refractivity contribution in [2.24, 2.45) is 5.73 Å². The Morgan fingerprint density at radius 2 is 2.22 bits per heavy atom. The lowest BCUT2D eigenvalue weighted by molar-refractivity contribution is -0.126. The number of amides is 2. The summed E-state index contributed by atoms with van der Waals surface area (Å²) in [5.41, 5.74) is 12.2. The molecule has 0 radical (unpaired) electrons. The maximum Gasteiger partial charge on any atom is 0.246 e. The van der Waals surface area contributed by atoms with Gasteiger partial charge in [-0.2, -0.15) is 0 Å². The van der Waals surface area contributed by atoms with E-state index >= 15 is 0 Å². The van der Waals surface area contributed by atoms with Crippen LogP contribution in [0.3, 0.4) is 0 Å². The van der Waals surface area contributed by atoms with Gasteiger partial charge in [0.1, 0.15) is 0 Å². The first-order valence-corrected chi connectivity index (χ1v) is 6.55. The van der Waals surface area contributed by atoms with E-state index in [0.717, 1.165) is 4.90 Å². The highest BCUT2D eigenvalue weighted by molar-refractivity contribution is 8.01. The number of anilines is 2. The molecule has 0 saturated carbocycles. The van der Waals surface area contributed by atoms with Gasteiger partial charge < -0.3 is 11.5 Å². The average molecular weight is 265 g/mol. The second kappa shape index (κ2) is 4.99. The molecular formula is C12H15N3O2S. The smallest absolute Gasteiger partial charge is 0.246 e. The number of carbonyl (C=O) groups is 2. The maximum absolute atomic E-state index is 12.1. The molecule has 2 rings (SSSR count). The minimum atomic E-state index is -0.276. The number of imide groups is 1. The van der Waals surface area contributed by atoms with Crippen LogP contribution in [0.4, 0.5) is 11.4 Å². The van der Waals surface area contributed by atoms with Crippen LogP contribution in [0.25, 0.3) is 0 Å². The van der Waals surface area contributed by atoms with Gasteiger partial charge in [0.15, 0.2) is 0 Å². The van der Waals surface area contributed by atoms with Gasteiger partial charge in [-0.15, -0.1) is 11.8 Å². The highest BCUT2D eigenvalue weighted by Gasteiger charge is 2.34. The minimum absolute atomic E-state index is 0.150. The number of nitrogens with two attached hydrogens (primary N) is 2. The number of nitrogen functional groups attached to an aromatic ring is 1. The number of hydrogen-bond acceptors (Lipinski definition) is 5. The summed E-state index contributed by atoms with van der Waals surface area (Å²) in [5.74, 6) is -0.488. The lowest BCUT2D eigenvalue weighted by Gasteiger charge is -2.31. The molecule has 4 N–H and O–H groups in total. The monoisotopic (exact) mass is 265 g/mol. The molecule has 0 aliphatic carbocycles. The molecule has 1 atom stereocenters. The lowest BCUT2D eigenvalue weighted by Crippen LogP contribution is -2.44. The molecule has 0 spiro atoms. The van der Waals surface area contributed by atoms with Crippen LogP contribution in [0.15, 0.2) is 23.1 Å². The SMILES string of the molecule is CC1Sc2ccc(N)cc2N(C(=O)CCN)C1=O. The summed E-state index contributed by atoms with van der Waals surface area (Å²) >= 11 is 1.44. The van der Waals surface area contributed by atoms with E-state index in [1.54, 1.807) is 19.1 Å². The molecule has 1 aliphatic rings. The predicted molar refractivity (Wildman–Crippen MR) is 72.3 cm³/mol. The van der Waals surface area contributed by atoms with Crippen LogP contribution in [-0.4, -0.2) is 23.6 Å². The summed E-state index contributed by atoms with van der Waals surface area (Å²) in [5, 5.41) is -0.275. The quantitative estimate of drug-likeness (QED) is 0.778. The molecule has 96 valence electrons. The second-order valence-corrected chi connectivity index (χ2v) is 5.48. The molecule has 6 heteroatoms. The summed E-state index contributed by atoms with van der Waals surface area (Å²) < 4.78 is 0. The van der Waals surface area contributed by atoms with Crippen molar-refractivity contribution in [3.8, 4) is 0 Å². The molecule has 0 saturated heterocycles. The van der Waals surface area contributed by atoms with Gasteiger partial charge in [-0.25, -0.2) is 4.90 Å². The van der Waals surface area contributed by atoms with Crippen molar-refractivity contribution in [3.63, 3.8) is 0 Å². The molecule has 0 fully saturated rings. The van der Waals surface area contributed by atoms with Crippen molar-refractivity contribution in [2.45, 2.75) is 23.5 Å². The van der Waals surface area contributed by atoms with Crippen molar-refractivity contribution < 1.29 is 9.59 Å². The van der Waals surface area contributed by atoms with Gasteiger partial charge in [0.05, 0.1) is 10.9 Å². The zero-order chi connectivity index (χ0) is 13.3. The van der Waals surface area contributed by atoms with Crippen molar-refractivity contribution in [3.05, 3.63) is 18.2 Å². The van der Waals surface area contributed by atoms with Gasteiger partial charge in [0.2, 0.25) is 11.8 Å². The molecule has 1 unspecified atom stereocenters. The number of benzene rings is 1.